The Kier molecular flexibility index (Phi) is 6.04. The Labute approximate surface area is 172 Å². The van der Waals surface area contributed by atoms with Crippen molar-refractivity contribution in [3.8, 4) is 11.5 Å². The van der Waals surface area contributed by atoms with Gasteiger partial charge >= 0.3 is 6.18 Å². The Bertz CT molecular complexity index is 922. The van der Waals surface area contributed by atoms with Crippen molar-refractivity contribution in [2.45, 2.75) is 11.0 Å². The fraction of sp³-hybridized carbons (Fsp3) is 0.100. The summed E-state index contributed by atoms with van der Waals surface area (Å²) in [6, 6.07) is 17.2. The molecule has 0 saturated carbocycles. The number of ether oxygens (including phenoxy) is 1. The molecule has 3 aromatic rings. The summed E-state index contributed by atoms with van der Waals surface area (Å²) in [6.45, 7) is 0. The van der Waals surface area contributed by atoms with Gasteiger partial charge in [0.2, 0.25) is 0 Å². The molecule has 7 heteroatoms. The molecule has 140 valence electrons. The van der Waals surface area contributed by atoms with Crippen LogP contribution in [0.3, 0.4) is 0 Å². The molecule has 0 aliphatic carbocycles. The van der Waals surface area contributed by atoms with E-state index in [1.54, 1.807) is 48.5 Å². The average molecular weight is 476 g/mol. The molecular weight excluding hydrogens is 464 g/mol. The van der Waals surface area contributed by atoms with Gasteiger partial charge in [0.1, 0.15) is 5.75 Å². The lowest BCUT2D eigenvalue weighted by molar-refractivity contribution is -0.137. The molecule has 0 aliphatic rings. The van der Waals surface area contributed by atoms with Gasteiger partial charge in [-0.2, -0.15) is 13.2 Å². The summed E-state index contributed by atoms with van der Waals surface area (Å²) in [4.78, 5) is -0.391. The summed E-state index contributed by atoms with van der Waals surface area (Å²) in [6.07, 6.45) is -4.38. The lowest BCUT2D eigenvalue weighted by Gasteiger charge is -2.15. The fourth-order valence-corrected chi connectivity index (χ4v) is 3.53. The van der Waals surface area contributed by atoms with Gasteiger partial charge in [-0.25, -0.2) is 0 Å². The van der Waals surface area contributed by atoms with E-state index in [4.69, 9.17) is 27.9 Å². The molecule has 0 N–H and O–H groups in total. The van der Waals surface area contributed by atoms with Crippen molar-refractivity contribution in [1.29, 1.82) is 0 Å². The van der Waals surface area contributed by atoms with E-state index >= 15 is 0 Å². The summed E-state index contributed by atoms with van der Waals surface area (Å²) in [5.41, 5.74) is 0.609. The van der Waals surface area contributed by atoms with Crippen LogP contribution in [-0.4, -0.2) is 0 Å². The molecule has 0 spiro atoms. The monoisotopic (exact) mass is 474 g/mol. The van der Waals surface area contributed by atoms with Crippen molar-refractivity contribution >= 4 is 39.1 Å². The van der Waals surface area contributed by atoms with E-state index in [1.807, 2.05) is 0 Å². The maximum atomic E-state index is 12.9. The van der Waals surface area contributed by atoms with Gasteiger partial charge in [-0.05, 0) is 41.5 Å². The molecule has 0 bridgehead atoms. The van der Waals surface area contributed by atoms with Gasteiger partial charge in [-0.3, -0.25) is 0 Å². The first-order valence-corrected chi connectivity index (χ1v) is 9.46. The largest absolute Gasteiger partial charge is 0.454 e. The van der Waals surface area contributed by atoms with Gasteiger partial charge in [0.25, 0.3) is 0 Å². The molecule has 0 aliphatic heterocycles. The van der Waals surface area contributed by atoms with Crippen LogP contribution in [0.2, 0.25) is 10.0 Å². The first-order valence-electron chi connectivity index (χ1n) is 7.79. The number of alkyl halides is 4. The molecular formula is C20H12BrCl2F3O. The third kappa shape index (κ3) is 4.78. The van der Waals surface area contributed by atoms with Crippen molar-refractivity contribution < 1.29 is 17.9 Å². The lowest BCUT2D eigenvalue weighted by Crippen LogP contribution is -2.05. The number of hydrogen-bond acceptors (Lipinski definition) is 1. The Balaban J connectivity index is 1.81. The number of halogens is 6. The molecule has 0 fully saturated rings. The smallest absolute Gasteiger partial charge is 0.416 e. The van der Waals surface area contributed by atoms with Crippen LogP contribution in [0.5, 0.6) is 11.5 Å². The molecule has 1 atom stereocenters. The predicted molar refractivity (Wildman–Crippen MR) is 105 cm³/mol. The van der Waals surface area contributed by atoms with Gasteiger partial charge in [-0.15, -0.1) is 0 Å². The Morgan fingerprint density at radius 3 is 2.00 bits per heavy atom. The highest BCUT2D eigenvalue weighted by molar-refractivity contribution is 9.09. The summed E-state index contributed by atoms with van der Waals surface area (Å²) >= 11 is 15.6. The second kappa shape index (κ2) is 8.13. The second-order valence-corrected chi connectivity index (χ2v) is 7.44. The van der Waals surface area contributed by atoms with Gasteiger partial charge < -0.3 is 4.74 Å². The van der Waals surface area contributed by atoms with Crippen molar-refractivity contribution in [3.63, 3.8) is 0 Å². The topological polar surface area (TPSA) is 9.23 Å². The highest BCUT2D eigenvalue weighted by Gasteiger charge is 2.30. The van der Waals surface area contributed by atoms with Crippen LogP contribution >= 0.6 is 39.1 Å². The first kappa shape index (κ1) is 20.1. The maximum Gasteiger partial charge on any atom is 0.416 e. The molecule has 0 aromatic heterocycles. The highest BCUT2D eigenvalue weighted by atomic mass is 79.9. The zero-order valence-electron chi connectivity index (χ0n) is 13.6. The molecule has 0 radical (unpaired) electrons. The summed E-state index contributed by atoms with van der Waals surface area (Å²) < 4.78 is 44.4. The molecule has 0 amide bonds. The SMILES string of the molecule is FC(F)(F)c1cccc(C(Br)c2ccc(Oc3c(Cl)cccc3Cl)cc2)c1. The van der Waals surface area contributed by atoms with Crippen LogP contribution < -0.4 is 4.74 Å². The molecule has 0 saturated heterocycles. The lowest BCUT2D eigenvalue weighted by atomic mass is 10.0. The van der Waals surface area contributed by atoms with E-state index in [9.17, 15) is 13.2 Å². The number of benzene rings is 3. The zero-order valence-corrected chi connectivity index (χ0v) is 16.7. The molecule has 1 unspecified atom stereocenters. The van der Waals surface area contributed by atoms with Crippen molar-refractivity contribution in [2.75, 3.05) is 0 Å². The maximum absolute atomic E-state index is 12.9. The van der Waals surface area contributed by atoms with Gasteiger partial charge in [0.05, 0.1) is 20.4 Å². The van der Waals surface area contributed by atoms with Gasteiger partial charge in [0.15, 0.2) is 5.75 Å². The van der Waals surface area contributed by atoms with Crippen molar-refractivity contribution in [2.24, 2.45) is 0 Å². The van der Waals surface area contributed by atoms with E-state index in [0.29, 0.717) is 27.1 Å². The molecule has 3 aromatic carbocycles. The van der Waals surface area contributed by atoms with E-state index in [0.717, 1.165) is 17.7 Å². The first-order chi connectivity index (χ1) is 12.8. The number of rotatable bonds is 4. The van der Waals surface area contributed by atoms with Crippen molar-refractivity contribution in [3.05, 3.63) is 93.5 Å². The summed E-state index contributed by atoms with van der Waals surface area (Å²) in [5, 5.41) is 0.767. The minimum absolute atomic E-state index is 0.349. The Morgan fingerprint density at radius 1 is 0.815 bits per heavy atom. The fourth-order valence-electron chi connectivity index (χ4n) is 2.47. The van der Waals surface area contributed by atoms with Crippen LogP contribution in [0.25, 0.3) is 0 Å². The average Bonchev–Trinajstić information content (AvgIpc) is 2.64. The van der Waals surface area contributed by atoms with Gasteiger partial charge in [0, 0.05) is 0 Å². The molecule has 1 nitrogen and oxygen atoms in total. The number of para-hydroxylation sites is 1. The normalized spacial score (nSPS) is 12.7. The number of hydrogen-bond donors (Lipinski definition) is 0. The van der Waals surface area contributed by atoms with E-state index in [2.05, 4.69) is 15.9 Å². The minimum Gasteiger partial charge on any atom is -0.454 e. The third-order valence-electron chi connectivity index (χ3n) is 3.82. The Morgan fingerprint density at radius 2 is 1.41 bits per heavy atom. The standard InChI is InChI=1S/C20H12BrCl2F3O/c21-18(13-3-1-4-14(11-13)20(24,25)26)12-7-9-15(10-8-12)27-19-16(22)5-2-6-17(19)23/h1-11,18H. The van der Waals surface area contributed by atoms with E-state index in [-0.39, 0.29) is 0 Å². The van der Waals surface area contributed by atoms with Gasteiger partial charge in [-0.1, -0.05) is 75.5 Å². The molecule has 27 heavy (non-hydrogen) atoms. The van der Waals surface area contributed by atoms with Crippen LogP contribution in [0.1, 0.15) is 21.5 Å². The quantitative estimate of drug-likeness (QED) is 0.345. The summed E-state index contributed by atoms with van der Waals surface area (Å²) in [5.74, 6) is 0.861. The van der Waals surface area contributed by atoms with Crippen molar-refractivity contribution in [1.82, 2.24) is 0 Å². The second-order valence-electron chi connectivity index (χ2n) is 5.71. The molecule has 3 rings (SSSR count). The minimum atomic E-state index is -4.38. The van der Waals surface area contributed by atoms with E-state index in [1.165, 1.54) is 6.07 Å². The zero-order chi connectivity index (χ0) is 19.6. The molecule has 0 heterocycles. The predicted octanol–water partition coefficient (Wildman–Crippen LogP) is 8.29. The Hall–Kier alpha value is -1.69. The summed E-state index contributed by atoms with van der Waals surface area (Å²) in [7, 11) is 0. The van der Waals surface area contributed by atoms with Crippen LogP contribution in [0, 0.1) is 0 Å². The van der Waals surface area contributed by atoms with Crippen LogP contribution in [0.15, 0.2) is 66.7 Å². The van der Waals surface area contributed by atoms with E-state index < -0.39 is 16.6 Å². The van der Waals surface area contributed by atoms with Crippen LogP contribution in [0.4, 0.5) is 13.2 Å². The van der Waals surface area contributed by atoms with Crippen LogP contribution in [-0.2, 0) is 6.18 Å². The third-order valence-corrected chi connectivity index (χ3v) is 5.47. The highest BCUT2D eigenvalue weighted by Crippen LogP contribution is 2.38.